The number of pyridine rings is 1. The first-order valence-electron chi connectivity index (χ1n) is 6.27. The molecule has 5 nitrogen and oxygen atoms in total. The SMILES string of the molecule is Cc1c([N+](=O)[O-])cnc(NCCc2ccc(F)cc2)c1Br. The highest BCUT2D eigenvalue weighted by molar-refractivity contribution is 9.10. The zero-order chi connectivity index (χ0) is 15.4. The fraction of sp³-hybridized carbons (Fsp3) is 0.214. The van der Waals surface area contributed by atoms with Crippen LogP contribution in [0.2, 0.25) is 0 Å². The molecular weight excluding hydrogens is 341 g/mol. The molecule has 1 aromatic heterocycles. The number of benzene rings is 1. The van der Waals surface area contributed by atoms with Gasteiger partial charge in [-0.2, -0.15) is 0 Å². The Balaban J connectivity index is 2.02. The number of anilines is 1. The highest BCUT2D eigenvalue weighted by Gasteiger charge is 2.16. The zero-order valence-electron chi connectivity index (χ0n) is 11.3. The summed E-state index contributed by atoms with van der Waals surface area (Å²) in [6.45, 7) is 2.25. The molecule has 1 heterocycles. The Morgan fingerprint density at radius 2 is 2.05 bits per heavy atom. The van der Waals surface area contributed by atoms with Crippen LogP contribution >= 0.6 is 15.9 Å². The van der Waals surface area contributed by atoms with Gasteiger partial charge in [-0.3, -0.25) is 10.1 Å². The van der Waals surface area contributed by atoms with Crippen molar-refractivity contribution in [2.24, 2.45) is 0 Å². The summed E-state index contributed by atoms with van der Waals surface area (Å²) in [6, 6.07) is 6.28. The number of hydrogen-bond donors (Lipinski definition) is 1. The van der Waals surface area contributed by atoms with E-state index in [1.807, 2.05) is 0 Å². The molecule has 1 aromatic carbocycles. The molecule has 2 aromatic rings. The first-order chi connectivity index (χ1) is 9.99. The van der Waals surface area contributed by atoms with Gasteiger partial charge in [0.05, 0.1) is 9.40 Å². The topological polar surface area (TPSA) is 68.1 Å². The lowest BCUT2D eigenvalue weighted by atomic mass is 10.1. The lowest BCUT2D eigenvalue weighted by molar-refractivity contribution is -0.385. The van der Waals surface area contributed by atoms with E-state index in [2.05, 4.69) is 26.2 Å². The molecule has 0 atom stereocenters. The van der Waals surface area contributed by atoms with E-state index in [9.17, 15) is 14.5 Å². The summed E-state index contributed by atoms with van der Waals surface area (Å²) in [5.41, 5.74) is 1.50. The molecule has 0 radical (unpaired) electrons. The van der Waals surface area contributed by atoms with Gasteiger partial charge in [-0.25, -0.2) is 9.37 Å². The second-order valence-electron chi connectivity index (χ2n) is 4.49. The summed E-state index contributed by atoms with van der Waals surface area (Å²) in [5.74, 6) is 0.294. The largest absolute Gasteiger partial charge is 0.369 e. The van der Waals surface area contributed by atoms with Gasteiger partial charge < -0.3 is 5.32 Å². The van der Waals surface area contributed by atoms with Crippen molar-refractivity contribution in [3.63, 3.8) is 0 Å². The molecule has 0 saturated heterocycles. The maximum atomic E-state index is 12.8. The maximum absolute atomic E-state index is 12.8. The Bertz CT molecular complexity index is 662. The summed E-state index contributed by atoms with van der Waals surface area (Å²) >= 11 is 3.32. The molecule has 0 aliphatic rings. The number of nitrogens with one attached hydrogen (secondary N) is 1. The molecule has 0 aliphatic carbocycles. The Morgan fingerprint density at radius 1 is 1.38 bits per heavy atom. The highest BCUT2D eigenvalue weighted by atomic mass is 79.9. The molecule has 0 saturated carbocycles. The molecule has 0 aliphatic heterocycles. The lowest BCUT2D eigenvalue weighted by Crippen LogP contribution is -2.08. The first-order valence-corrected chi connectivity index (χ1v) is 7.06. The van der Waals surface area contributed by atoms with Gasteiger partial charge >= 0.3 is 0 Å². The van der Waals surface area contributed by atoms with Crippen molar-refractivity contribution in [2.45, 2.75) is 13.3 Å². The summed E-state index contributed by atoms with van der Waals surface area (Å²) in [7, 11) is 0. The normalized spacial score (nSPS) is 10.4. The minimum absolute atomic E-state index is 0.0223. The van der Waals surface area contributed by atoms with Crippen molar-refractivity contribution in [2.75, 3.05) is 11.9 Å². The van der Waals surface area contributed by atoms with Gasteiger partial charge in [-0.15, -0.1) is 0 Å². The second-order valence-corrected chi connectivity index (χ2v) is 5.28. The minimum Gasteiger partial charge on any atom is -0.369 e. The van der Waals surface area contributed by atoms with E-state index in [-0.39, 0.29) is 11.5 Å². The van der Waals surface area contributed by atoms with Crippen LogP contribution in [0.4, 0.5) is 15.9 Å². The standard InChI is InChI=1S/C14H13BrFN3O2/c1-9-12(19(20)21)8-18-14(13(9)15)17-7-6-10-2-4-11(16)5-3-10/h2-5,8H,6-7H2,1H3,(H,17,18). The number of nitrogens with zero attached hydrogens (tertiary/aromatic N) is 2. The van der Waals surface area contributed by atoms with E-state index >= 15 is 0 Å². The van der Waals surface area contributed by atoms with Crippen molar-refractivity contribution in [1.82, 2.24) is 4.98 Å². The van der Waals surface area contributed by atoms with Crippen molar-refractivity contribution in [3.05, 3.63) is 62.0 Å². The van der Waals surface area contributed by atoms with E-state index in [0.29, 0.717) is 28.8 Å². The van der Waals surface area contributed by atoms with Gasteiger partial charge in [0.25, 0.3) is 5.69 Å². The maximum Gasteiger partial charge on any atom is 0.291 e. The zero-order valence-corrected chi connectivity index (χ0v) is 12.9. The molecule has 0 spiro atoms. The Hall–Kier alpha value is -2.02. The number of rotatable bonds is 5. The Kier molecular flexibility index (Phi) is 4.85. The fourth-order valence-electron chi connectivity index (χ4n) is 1.85. The number of aromatic nitrogens is 1. The number of nitro groups is 1. The Labute approximate surface area is 129 Å². The first kappa shape index (κ1) is 15.4. The van der Waals surface area contributed by atoms with Crippen LogP contribution in [0, 0.1) is 22.9 Å². The monoisotopic (exact) mass is 353 g/mol. The van der Waals surface area contributed by atoms with E-state index in [0.717, 1.165) is 5.56 Å². The van der Waals surface area contributed by atoms with Crippen LogP contribution < -0.4 is 5.32 Å². The van der Waals surface area contributed by atoms with Crippen LogP contribution in [0.1, 0.15) is 11.1 Å². The average Bonchev–Trinajstić information content (AvgIpc) is 2.45. The van der Waals surface area contributed by atoms with Crippen LogP contribution in [0.25, 0.3) is 0 Å². The third-order valence-corrected chi connectivity index (χ3v) is 4.02. The predicted octanol–water partition coefficient (Wildman–Crippen LogP) is 3.85. The van der Waals surface area contributed by atoms with Gasteiger partial charge in [0, 0.05) is 12.1 Å². The van der Waals surface area contributed by atoms with Gasteiger partial charge in [-0.1, -0.05) is 12.1 Å². The molecule has 7 heteroatoms. The van der Waals surface area contributed by atoms with Gasteiger partial charge in [-0.05, 0) is 47.0 Å². The quantitative estimate of drug-likeness (QED) is 0.654. The van der Waals surface area contributed by atoms with Gasteiger partial charge in [0.1, 0.15) is 17.8 Å². The molecule has 0 unspecified atom stereocenters. The molecule has 21 heavy (non-hydrogen) atoms. The molecular formula is C14H13BrFN3O2. The average molecular weight is 354 g/mol. The molecule has 0 amide bonds. The summed E-state index contributed by atoms with van der Waals surface area (Å²) < 4.78 is 13.4. The molecule has 2 rings (SSSR count). The van der Waals surface area contributed by atoms with Gasteiger partial charge in [0.15, 0.2) is 0 Å². The van der Waals surface area contributed by atoms with Crippen LogP contribution in [-0.4, -0.2) is 16.5 Å². The van der Waals surface area contributed by atoms with Crippen LogP contribution in [-0.2, 0) is 6.42 Å². The van der Waals surface area contributed by atoms with Crippen LogP contribution in [0.5, 0.6) is 0 Å². The molecule has 1 N–H and O–H groups in total. The smallest absolute Gasteiger partial charge is 0.291 e. The van der Waals surface area contributed by atoms with Crippen molar-refractivity contribution < 1.29 is 9.31 Å². The Morgan fingerprint density at radius 3 is 2.67 bits per heavy atom. The summed E-state index contributed by atoms with van der Waals surface area (Å²) in [6.07, 6.45) is 1.94. The van der Waals surface area contributed by atoms with E-state index in [1.54, 1.807) is 19.1 Å². The lowest BCUT2D eigenvalue weighted by Gasteiger charge is -2.09. The van der Waals surface area contributed by atoms with Crippen molar-refractivity contribution >= 4 is 27.4 Å². The highest BCUT2D eigenvalue weighted by Crippen LogP contribution is 2.30. The van der Waals surface area contributed by atoms with Crippen molar-refractivity contribution in [1.29, 1.82) is 0 Å². The predicted molar refractivity (Wildman–Crippen MR) is 81.9 cm³/mol. The van der Waals surface area contributed by atoms with Crippen molar-refractivity contribution in [3.8, 4) is 0 Å². The fourth-order valence-corrected chi connectivity index (χ4v) is 2.30. The van der Waals surface area contributed by atoms with E-state index in [4.69, 9.17) is 0 Å². The van der Waals surface area contributed by atoms with Crippen LogP contribution in [0.15, 0.2) is 34.9 Å². The molecule has 110 valence electrons. The molecule has 0 bridgehead atoms. The minimum atomic E-state index is -0.463. The third-order valence-electron chi connectivity index (χ3n) is 3.05. The summed E-state index contributed by atoms with van der Waals surface area (Å²) in [4.78, 5) is 14.4. The summed E-state index contributed by atoms with van der Waals surface area (Å²) in [5, 5.41) is 13.9. The van der Waals surface area contributed by atoms with E-state index in [1.165, 1.54) is 18.3 Å². The van der Waals surface area contributed by atoms with Crippen LogP contribution in [0.3, 0.4) is 0 Å². The second kappa shape index (κ2) is 6.62. The van der Waals surface area contributed by atoms with E-state index < -0.39 is 4.92 Å². The molecule has 0 fully saturated rings. The third kappa shape index (κ3) is 3.75. The van der Waals surface area contributed by atoms with Gasteiger partial charge in [0.2, 0.25) is 0 Å². The number of halogens is 2. The number of hydrogen-bond acceptors (Lipinski definition) is 4.